The van der Waals surface area contributed by atoms with Crippen molar-refractivity contribution in [1.82, 2.24) is 5.32 Å². The minimum Gasteiger partial charge on any atom is -0.386 e. The second-order valence-corrected chi connectivity index (χ2v) is 5.45. The Kier molecular flexibility index (Phi) is 5.65. The molecule has 3 N–H and O–H groups in total. The van der Waals surface area contributed by atoms with Gasteiger partial charge in [-0.1, -0.05) is 30.3 Å². The number of hydrogen-bond acceptors (Lipinski definition) is 3. The van der Waals surface area contributed by atoms with Crippen molar-refractivity contribution in [2.45, 2.75) is 20.0 Å². The smallest absolute Gasteiger partial charge is 0.313 e. The summed E-state index contributed by atoms with van der Waals surface area (Å²) >= 11 is 0. The number of hydrogen-bond donors (Lipinski definition) is 3. The van der Waals surface area contributed by atoms with Crippen molar-refractivity contribution >= 4 is 17.5 Å². The average Bonchev–Trinajstić information content (AvgIpc) is 2.56. The van der Waals surface area contributed by atoms with E-state index in [4.69, 9.17) is 0 Å². The number of amides is 2. The Bertz CT molecular complexity index is 762. The molecule has 0 aliphatic heterocycles. The van der Waals surface area contributed by atoms with Gasteiger partial charge in [0.15, 0.2) is 0 Å². The summed E-state index contributed by atoms with van der Waals surface area (Å²) in [5, 5.41) is 14.7. The minimum atomic E-state index is -1.23. The third-order valence-electron chi connectivity index (χ3n) is 3.78. The molecule has 6 heteroatoms. The second kappa shape index (κ2) is 7.70. The minimum absolute atomic E-state index is 0.0627. The van der Waals surface area contributed by atoms with Gasteiger partial charge in [-0.05, 0) is 37.1 Å². The van der Waals surface area contributed by atoms with E-state index in [1.807, 2.05) is 19.9 Å². The number of aryl methyl sites for hydroxylation is 1. The number of anilines is 1. The van der Waals surface area contributed by atoms with E-state index in [0.29, 0.717) is 5.69 Å². The maximum absolute atomic E-state index is 13.5. The maximum atomic E-state index is 13.5. The van der Waals surface area contributed by atoms with E-state index in [1.54, 1.807) is 18.2 Å². The van der Waals surface area contributed by atoms with Crippen LogP contribution < -0.4 is 10.6 Å². The topological polar surface area (TPSA) is 78.4 Å². The van der Waals surface area contributed by atoms with Crippen LogP contribution in [0.1, 0.15) is 22.8 Å². The van der Waals surface area contributed by atoms with Gasteiger partial charge in [0.2, 0.25) is 0 Å². The van der Waals surface area contributed by atoms with Crippen molar-refractivity contribution < 1.29 is 19.1 Å². The molecule has 0 radical (unpaired) electrons. The second-order valence-electron chi connectivity index (χ2n) is 5.45. The fourth-order valence-electron chi connectivity index (χ4n) is 2.19. The Labute approximate surface area is 139 Å². The predicted molar refractivity (Wildman–Crippen MR) is 88.9 cm³/mol. The van der Waals surface area contributed by atoms with E-state index in [-0.39, 0.29) is 12.1 Å². The van der Waals surface area contributed by atoms with Crippen LogP contribution in [-0.4, -0.2) is 23.5 Å². The number of nitrogens with one attached hydrogen (secondary N) is 2. The highest BCUT2D eigenvalue weighted by Crippen LogP contribution is 2.18. The summed E-state index contributed by atoms with van der Waals surface area (Å²) in [4.78, 5) is 23.7. The van der Waals surface area contributed by atoms with Gasteiger partial charge in [0.25, 0.3) is 0 Å². The van der Waals surface area contributed by atoms with Gasteiger partial charge >= 0.3 is 11.8 Å². The predicted octanol–water partition coefficient (Wildman–Crippen LogP) is 2.23. The van der Waals surface area contributed by atoms with Crippen molar-refractivity contribution in [3.63, 3.8) is 0 Å². The lowest BCUT2D eigenvalue weighted by Crippen LogP contribution is -2.37. The normalized spacial score (nSPS) is 11.7. The molecular formula is C18H19FN2O3. The standard InChI is InChI=1S/C18H19FN2O3/c1-11-6-5-9-15(12(11)2)21-18(24)17(23)20-10-16(22)13-7-3-4-8-14(13)19/h3-9,16,22H,10H2,1-2H3,(H,20,23)(H,21,24). The lowest BCUT2D eigenvalue weighted by Gasteiger charge is -2.13. The van der Waals surface area contributed by atoms with Crippen LogP contribution in [0.2, 0.25) is 0 Å². The fourth-order valence-corrected chi connectivity index (χ4v) is 2.19. The van der Waals surface area contributed by atoms with Crippen LogP contribution in [0.4, 0.5) is 10.1 Å². The first-order valence-corrected chi connectivity index (χ1v) is 7.48. The van der Waals surface area contributed by atoms with Crippen molar-refractivity contribution in [3.8, 4) is 0 Å². The molecule has 126 valence electrons. The van der Waals surface area contributed by atoms with Gasteiger partial charge in [0.05, 0.1) is 6.10 Å². The average molecular weight is 330 g/mol. The molecule has 1 atom stereocenters. The lowest BCUT2D eigenvalue weighted by atomic mass is 10.1. The van der Waals surface area contributed by atoms with Crippen molar-refractivity contribution in [2.24, 2.45) is 0 Å². The van der Waals surface area contributed by atoms with Crippen molar-refractivity contribution in [2.75, 3.05) is 11.9 Å². The number of benzene rings is 2. The highest BCUT2D eigenvalue weighted by Gasteiger charge is 2.18. The quantitative estimate of drug-likeness (QED) is 0.752. The van der Waals surface area contributed by atoms with Crippen LogP contribution in [0.3, 0.4) is 0 Å². The first-order chi connectivity index (χ1) is 11.4. The Morgan fingerprint density at radius 2 is 1.79 bits per heavy atom. The first kappa shape index (κ1) is 17.6. The molecule has 2 rings (SSSR count). The zero-order valence-corrected chi connectivity index (χ0v) is 13.5. The number of carbonyl (C=O) groups excluding carboxylic acids is 2. The molecule has 0 aliphatic carbocycles. The monoisotopic (exact) mass is 330 g/mol. The molecule has 1 unspecified atom stereocenters. The molecule has 0 heterocycles. The van der Waals surface area contributed by atoms with Gasteiger partial charge in [0.1, 0.15) is 5.82 Å². The van der Waals surface area contributed by atoms with Crippen LogP contribution in [0, 0.1) is 19.7 Å². The fraction of sp³-hybridized carbons (Fsp3) is 0.222. The van der Waals surface area contributed by atoms with Crippen LogP contribution in [0.5, 0.6) is 0 Å². The molecule has 0 bridgehead atoms. The van der Waals surface area contributed by atoms with Crippen LogP contribution in [0.15, 0.2) is 42.5 Å². The summed E-state index contributed by atoms with van der Waals surface area (Å²) in [6.45, 7) is 3.47. The zero-order chi connectivity index (χ0) is 17.7. The van der Waals surface area contributed by atoms with Gasteiger partial charge in [-0.15, -0.1) is 0 Å². The van der Waals surface area contributed by atoms with Gasteiger partial charge in [-0.3, -0.25) is 9.59 Å². The lowest BCUT2D eigenvalue weighted by molar-refractivity contribution is -0.136. The number of halogens is 1. The molecule has 0 saturated heterocycles. The van der Waals surface area contributed by atoms with Crippen molar-refractivity contribution in [1.29, 1.82) is 0 Å². The molecule has 0 spiro atoms. The Morgan fingerprint density at radius 1 is 1.08 bits per heavy atom. The van der Waals surface area contributed by atoms with Gasteiger partial charge in [0, 0.05) is 17.8 Å². The summed E-state index contributed by atoms with van der Waals surface area (Å²) in [5.74, 6) is -2.31. The molecule has 5 nitrogen and oxygen atoms in total. The van der Waals surface area contributed by atoms with Gasteiger partial charge in [-0.2, -0.15) is 0 Å². The Morgan fingerprint density at radius 3 is 2.50 bits per heavy atom. The third-order valence-corrected chi connectivity index (χ3v) is 3.78. The first-order valence-electron chi connectivity index (χ1n) is 7.48. The number of aliphatic hydroxyl groups excluding tert-OH is 1. The zero-order valence-electron chi connectivity index (χ0n) is 13.5. The van der Waals surface area contributed by atoms with E-state index >= 15 is 0 Å². The molecule has 2 aromatic carbocycles. The highest BCUT2D eigenvalue weighted by molar-refractivity contribution is 6.39. The Hall–Kier alpha value is -2.73. The number of aliphatic hydroxyl groups is 1. The molecule has 0 aliphatic rings. The molecule has 0 saturated carbocycles. The molecule has 0 fully saturated rings. The van der Waals surface area contributed by atoms with Crippen LogP contribution >= 0.6 is 0 Å². The molecular weight excluding hydrogens is 311 g/mol. The maximum Gasteiger partial charge on any atom is 0.313 e. The molecule has 0 aromatic heterocycles. The van der Waals surface area contributed by atoms with E-state index < -0.39 is 23.7 Å². The number of rotatable bonds is 4. The summed E-state index contributed by atoms with van der Waals surface area (Å²) in [5.41, 5.74) is 2.46. The largest absolute Gasteiger partial charge is 0.386 e. The molecule has 24 heavy (non-hydrogen) atoms. The van der Waals surface area contributed by atoms with Gasteiger partial charge in [-0.25, -0.2) is 4.39 Å². The number of carbonyl (C=O) groups is 2. The summed E-state index contributed by atoms with van der Waals surface area (Å²) in [6, 6.07) is 11.1. The van der Waals surface area contributed by atoms with Crippen LogP contribution in [-0.2, 0) is 9.59 Å². The highest BCUT2D eigenvalue weighted by atomic mass is 19.1. The summed E-state index contributed by atoms with van der Waals surface area (Å²) < 4.78 is 13.5. The van der Waals surface area contributed by atoms with Crippen molar-refractivity contribution in [3.05, 3.63) is 65.0 Å². The third kappa shape index (κ3) is 4.17. The summed E-state index contributed by atoms with van der Waals surface area (Å²) in [6.07, 6.45) is -1.23. The Balaban J connectivity index is 1.94. The van der Waals surface area contributed by atoms with E-state index in [9.17, 15) is 19.1 Å². The van der Waals surface area contributed by atoms with Gasteiger partial charge < -0.3 is 15.7 Å². The SMILES string of the molecule is Cc1cccc(NC(=O)C(=O)NCC(O)c2ccccc2F)c1C. The van der Waals surface area contributed by atoms with E-state index in [0.717, 1.165) is 11.1 Å². The van der Waals surface area contributed by atoms with E-state index in [2.05, 4.69) is 10.6 Å². The summed E-state index contributed by atoms with van der Waals surface area (Å²) in [7, 11) is 0. The molecule has 2 amide bonds. The van der Waals surface area contributed by atoms with E-state index in [1.165, 1.54) is 18.2 Å². The molecule has 2 aromatic rings. The van der Waals surface area contributed by atoms with Crippen LogP contribution in [0.25, 0.3) is 0 Å².